The molecular formula is C20H27NO3S. The molecule has 5 heteroatoms. The summed E-state index contributed by atoms with van der Waals surface area (Å²) in [6, 6.07) is 13.3. The largest absolute Gasteiger partial charge is 0.492 e. The van der Waals surface area contributed by atoms with Gasteiger partial charge in [-0.1, -0.05) is 45.0 Å². The molecule has 2 aromatic rings. The fourth-order valence-electron chi connectivity index (χ4n) is 2.47. The molecule has 0 fully saturated rings. The average Bonchev–Trinajstić information content (AvgIpc) is 2.53. The quantitative estimate of drug-likeness (QED) is 0.793. The minimum Gasteiger partial charge on any atom is -0.492 e. The van der Waals surface area contributed by atoms with E-state index in [0.29, 0.717) is 4.90 Å². The Bertz CT molecular complexity index is 819. The Morgan fingerprint density at radius 3 is 2.24 bits per heavy atom. The molecule has 0 spiro atoms. The van der Waals surface area contributed by atoms with Gasteiger partial charge in [0.05, 0.1) is 4.90 Å². The van der Waals surface area contributed by atoms with Crippen LogP contribution in [0.15, 0.2) is 47.4 Å². The molecule has 0 aliphatic carbocycles. The van der Waals surface area contributed by atoms with E-state index >= 15 is 0 Å². The third-order valence-electron chi connectivity index (χ3n) is 4.02. The van der Waals surface area contributed by atoms with Gasteiger partial charge in [-0.05, 0) is 54.2 Å². The lowest BCUT2D eigenvalue weighted by atomic mass is 9.87. The van der Waals surface area contributed by atoms with Crippen LogP contribution in [0, 0.1) is 13.8 Å². The molecule has 0 amide bonds. The van der Waals surface area contributed by atoms with Crippen LogP contribution in [0.2, 0.25) is 0 Å². The zero-order chi connectivity index (χ0) is 18.7. The number of hydrogen-bond donors (Lipinski definition) is 1. The molecule has 136 valence electrons. The molecule has 0 saturated heterocycles. The second-order valence-corrected chi connectivity index (χ2v) is 9.02. The second kappa shape index (κ2) is 7.58. The van der Waals surface area contributed by atoms with Gasteiger partial charge < -0.3 is 4.74 Å². The van der Waals surface area contributed by atoms with Crippen molar-refractivity contribution in [3.63, 3.8) is 0 Å². The maximum absolute atomic E-state index is 12.4. The molecule has 4 nitrogen and oxygen atoms in total. The number of aryl methyl sites for hydroxylation is 2. The Kier molecular flexibility index (Phi) is 5.91. The number of hydrogen-bond acceptors (Lipinski definition) is 3. The van der Waals surface area contributed by atoms with Crippen molar-refractivity contribution in [2.45, 2.75) is 44.9 Å². The molecule has 0 aliphatic heterocycles. The van der Waals surface area contributed by atoms with Gasteiger partial charge in [0, 0.05) is 6.54 Å². The molecule has 25 heavy (non-hydrogen) atoms. The molecule has 0 aliphatic rings. The summed E-state index contributed by atoms with van der Waals surface area (Å²) in [5.41, 5.74) is 2.98. The second-order valence-electron chi connectivity index (χ2n) is 7.29. The number of ether oxygens (including phenoxy) is 1. The molecule has 0 aromatic heterocycles. The highest BCUT2D eigenvalue weighted by atomic mass is 32.2. The lowest BCUT2D eigenvalue weighted by molar-refractivity contribution is 0.322. The zero-order valence-corrected chi connectivity index (χ0v) is 16.4. The van der Waals surface area contributed by atoms with Gasteiger partial charge in [-0.25, -0.2) is 13.1 Å². The minimum absolute atomic E-state index is 0.0971. The van der Waals surface area contributed by atoms with Crippen molar-refractivity contribution in [3.8, 4) is 5.75 Å². The van der Waals surface area contributed by atoms with Crippen molar-refractivity contribution in [2.75, 3.05) is 13.2 Å². The Hall–Kier alpha value is -1.85. The van der Waals surface area contributed by atoms with Gasteiger partial charge >= 0.3 is 0 Å². The van der Waals surface area contributed by atoms with E-state index < -0.39 is 10.0 Å². The summed E-state index contributed by atoms with van der Waals surface area (Å²) in [6.07, 6.45) is 0. The van der Waals surface area contributed by atoms with Crippen LogP contribution < -0.4 is 9.46 Å². The molecule has 1 N–H and O–H groups in total. The van der Waals surface area contributed by atoms with Crippen LogP contribution in [0.25, 0.3) is 0 Å². The smallest absolute Gasteiger partial charge is 0.240 e. The van der Waals surface area contributed by atoms with Crippen LogP contribution in [0.4, 0.5) is 0 Å². The highest BCUT2D eigenvalue weighted by molar-refractivity contribution is 7.89. The van der Waals surface area contributed by atoms with E-state index in [1.54, 1.807) is 13.0 Å². The molecule has 0 radical (unpaired) electrons. The van der Waals surface area contributed by atoms with Gasteiger partial charge in [0.15, 0.2) is 0 Å². The average molecular weight is 362 g/mol. The Morgan fingerprint density at radius 1 is 1.00 bits per heavy atom. The maximum atomic E-state index is 12.4. The standard InChI is InChI=1S/C20H27NO3S/c1-15-6-7-16(2)19(14-15)25(22,23)21-12-13-24-18-10-8-17(9-11-18)20(3,4)5/h6-11,14,21H,12-13H2,1-5H3. The van der Waals surface area contributed by atoms with E-state index in [1.807, 2.05) is 43.3 Å². The van der Waals surface area contributed by atoms with Crippen LogP contribution in [0.1, 0.15) is 37.5 Å². The van der Waals surface area contributed by atoms with Gasteiger partial charge in [0.25, 0.3) is 0 Å². The van der Waals surface area contributed by atoms with Crippen molar-refractivity contribution in [2.24, 2.45) is 0 Å². The molecule has 0 heterocycles. The molecule has 0 atom stereocenters. The first-order chi connectivity index (χ1) is 11.6. The van der Waals surface area contributed by atoms with Crippen LogP contribution in [0.3, 0.4) is 0 Å². The van der Waals surface area contributed by atoms with Crippen LogP contribution in [-0.2, 0) is 15.4 Å². The van der Waals surface area contributed by atoms with E-state index in [9.17, 15) is 8.42 Å². The van der Waals surface area contributed by atoms with Crippen LogP contribution in [-0.4, -0.2) is 21.6 Å². The number of benzene rings is 2. The minimum atomic E-state index is -3.52. The summed E-state index contributed by atoms with van der Waals surface area (Å²) in [6.45, 7) is 10.6. The van der Waals surface area contributed by atoms with Gasteiger partial charge in [-0.15, -0.1) is 0 Å². The Balaban J connectivity index is 1.91. The predicted octanol–water partition coefficient (Wildman–Crippen LogP) is 3.96. The molecule has 2 aromatic carbocycles. The fraction of sp³-hybridized carbons (Fsp3) is 0.400. The normalized spacial score (nSPS) is 12.2. The molecular weight excluding hydrogens is 334 g/mol. The first-order valence-corrected chi connectivity index (χ1v) is 9.88. The summed E-state index contributed by atoms with van der Waals surface area (Å²) in [5.74, 6) is 0.735. The lowest BCUT2D eigenvalue weighted by Crippen LogP contribution is -2.28. The lowest BCUT2D eigenvalue weighted by Gasteiger charge is -2.19. The van der Waals surface area contributed by atoms with Gasteiger partial charge in [0.1, 0.15) is 12.4 Å². The van der Waals surface area contributed by atoms with Crippen LogP contribution >= 0.6 is 0 Å². The SMILES string of the molecule is Cc1ccc(C)c(S(=O)(=O)NCCOc2ccc(C(C)(C)C)cc2)c1. The molecule has 0 saturated carbocycles. The van der Waals surface area contributed by atoms with Crippen LogP contribution in [0.5, 0.6) is 5.75 Å². The predicted molar refractivity (Wildman–Crippen MR) is 102 cm³/mol. The number of sulfonamides is 1. The summed E-state index contributed by atoms with van der Waals surface area (Å²) in [5, 5.41) is 0. The molecule has 0 bridgehead atoms. The van der Waals surface area contributed by atoms with Crippen molar-refractivity contribution in [3.05, 3.63) is 59.2 Å². The Morgan fingerprint density at radius 2 is 1.64 bits per heavy atom. The highest BCUT2D eigenvalue weighted by Gasteiger charge is 2.16. The van der Waals surface area contributed by atoms with Crippen molar-refractivity contribution < 1.29 is 13.2 Å². The van der Waals surface area contributed by atoms with Crippen molar-refractivity contribution >= 4 is 10.0 Å². The van der Waals surface area contributed by atoms with Gasteiger partial charge in [0.2, 0.25) is 10.0 Å². The molecule has 0 unspecified atom stereocenters. The first kappa shape index (κ1) is 19.5. The highest BCUT2D eigenvalue weighted by Crippen LogP contribution is 2.24. The third-order valence-corrected chi connectivity index (χ3v) is 5.62. The summed E-state index contributed by atoms with van der Waals surface area (Å²) < 4.78 is 33.0. The summed E-state index contributed by atoms with van der Waals surface area (Å²) in [4.78, 5) is 0.321. The monoisotopic (exact) mass is 361 g/mol. The maximum Gasteiger partial charge on any atom is 0.240 e. The van der Waals surface area contributed by atoms with E-state index in [0.717, 1.165) is 16.9 Å². The van der Waals surface area contributed by atoms with E-state index in [-0.39, 0.29) is 18.6 Å². The first-order valence-electron chi connectivity index (χ1n) is 8.40. The number of nitrogens with one attached hydrogen (secondary N) is 1. The van der Waals surface area contributed by atoms with E-state index in [2.05, 4.69) is 25.5 Å². The fourth-order valence-corrected chi connectivity index (χ4v) is 3.81. The molecule has 2 rings (SSSR count). The van der Waals surface area contributed by atoms with Gasteiger partial charge in [-0.3, -0.25) is 0 Å². The number of rotatable bonds is 6. The topological polar surface area (TPSA) is 55.4 Å². The van der Waals surface area contributed by atoms with E-state index in [1.165, 1.54) is 5.56 Å². The van der Waals surface area contributed by atoms with Gasteiger partial charge in [-0.2, -0.15) is 0 Å². The van der Waals surface area contributed by atoms with E-state index in [4.69, 9.17) is 4.74 Å². The Labute approximate surface area is 151 Å². The third kappa shape index (κ3) is 5.31. The zero-order valence-electron chi connectivity index (χ0n) is 15.6. The van der Waals surface area contributed by atoms with Crippen molar-refractivity contribution in [1.82, 2.24) is 4.72 Å². The summed E-state index contributed by atoms with van der Waals surface area (Å²) >= 11 is 0. The summed E-state index contributed by atoms with van der Waals surface area (Å²) in [7, 11) is -3.52. The van der Waals surface area contributed by atoms with Crippen molar-refractivity contribution in [1.29, 1.82) is 0 Å².